The minimum atomic E-state index is 1.19. The molecular formula is C23H44. The van der Waals surface area contributed by atoms with Crippen LogP contribution in [0.15, 0.2) is 24.3 Å². The summed E-state index contributed by atoms with van der Waals surface area (Å²) in [6.45, 7) is 4.42. The molecular weight excluding hydrogens is 276 g/mol. The molecule has 0 aliphatic heterocycles. The zero-order chi connectivity index (χ0) is 16.8. The van der Waals surface area contributed by atoms with Crippen LogP contribution in [0, 0.1) is 0 Å². The highest BCUT2D eigenvalue weighted by molar-refractivity contribution is 4.80. The van der Waals surface area contributed by atoms with Crippen molar-refractivity contribution in [2.45, 2.75) is 123 Å². The van der Waals surface area contributed by atoms with E-state index >= 15 is 0 Å². The molecule has 0 aromatic carbocycles. The summed E-state index contributed by atoms with van der Waals surface area (Å²) in [7, 11) is 0. The van der Waals surface area contributed by atoms with E-state index in [0.29, 0.717) is 0 Å². The lowest BCUT2D eigenvalue weighted by molar-refractivity contribution is 0.538. The van der Waals surface area contributed by atoms with Gasteiger partial charge in [0, 0.05) is 0 Å². The first-order chi connectivity index (χ1) is 11.4. The van der Waals surface area contributed by atoms with Crippen molar-refractivity contribution in [1.29, 1.82) is 0 Å². The molecule has 0 heteroatoms. The standard InChI is InChI=1S/C23H44/c1-3-5-7-9-11-13-15-17-19-21-23-22-20-18-16-14-12-10-8-6-4-2/h5-8H,3-4,9-23H2,1-2H3. The summed E-state index contributed by atoms with van der Waals surface area (Å²) in [5.74, 6) is 0. The predicted molar refractivity (Wildman–Crippen MR) is 108 cm³/mol. The predicted octanol–water partition coefficient (Wildman–Crippen LogP) is 8.77. The molecule has 0 aliphatic carbocycles. The third kappa shape index (κ3) is 21.5. The molecule has 0 heterocycles. The van der Waals surface area contributed by atoms with Crippen molar-refractivity contribution in [2.24, 2.45) is 0 Å². The van der Waals surface area contributed by atoms with E-state index in [-0.39, 0.29) is 0 Å². The molecule has 0 aromatic rings. The topological polar surface area (TPSA) is 0 Å². The van der Waals surface area contributed by atoms with Crippen LogP contribution in [-0.2, 0) is 0 Å². The Kier molecular flexibility index (Phi) is 21.0. The molecule has 23 heavy (non-hydrogen) atoms. The Hall–Kier alpha value is -0.520. The second-order valence-electron chi connectivity index (χ2n) is 6.93. The van der Waals surface area contributed by atoms with E-state index in [9.17, 15) is 0 Å². The first-order valence-corrected chi connectivity index (χ1v) is 10.7. The van der Waals surface area contributed by atoms with Crippen LogP contribution >= 0.6 is 0 Å². The van der Waals surface area contributed by atoms with E-state index in [0.717, 1.165) is 0 Å². The van der Waals surface area contributed by atoms with E-state index in [4.69, 9.17) is 0 Å². The average molecular weight is 321 g/mol. The molecule has 0 fully saturated rings. The molecule has 0 aromatic heterocycles. The number of rotatable bonds is 18. The van der Waals surface area contributed by atoms with Crippen LogP contribution in [0.4, 0.5) is 0 Å². The molecule has 0 bridgehead atoms. The fourth-order valence-corrected chi connectivity index (χ4v) is 3.04. The molecule has 0 spiro atoms. The van der Waals surface area contributed by atoms with Gasteiger partial charge in [-0.3, -0.25) is 0 Å². The zero-order valence-electron chi connectivity index (χ0n) is 16.3. The Morgan fingerprint density at radius 3 is 0.870 bits per heavy atom. The maximum absolute atomic E-state index is 2.35. The summed E-state index contributed by atoms with van der Waals surface area (Å²) in [4.78, 5) is 0. The van der Waals surface area contributed by atoms with Gasteiger partial charge in [-0.2, -0.15) is 0 Å². The number of unbranched alkanes of at least 4 members (excludes halogenated alkanes) is 14. The molecule has 0 rings (SSSR count). The van der Waals surface area contributed by atoms with Crippen molar-refractivity contribution in [1.82, 2.24) is 0 Å². The lowest BCUT2D eigenvalue weighted by Crippen LogP contribution is -1.83. The second kappa shape index (κ2) is 21.5. The SMILES string of the molecule is CCC=CCCCCCCCCCCCCCCCC=CCC. The van der Waals surface area contributed by atoms with Gasteiger partial charge in [0.1, 0.15) is 0 Å². The van der Waals surface area contributed by atoms with E-state index in [1.807, 2.05) is 0 Å². The zero-order valence-corrected chi connectivity index (χ0v) is 16.3. The van der Waals surface area contributed by atoms with Gasteiger partial charge in [0.25, 0.3) is 0 Å². The number of hydrogen-bond acceptors (Lipinski definition) is 0. The van der Waals surface area contributed by atoms with Gasteiger partial charge in [-0.1, -0.05) is 109 Å². The highest BCUT2D eigenvalue weighted by Crippen LogP contribution is 2.13. The summed E-state index contributed by atoms with van der Waals surface area (Å²) in [5, 5.41) is 0. The molecule has 0 nitrogen and oxygen atoms in total. The maximum atomic E-state index is 2.35. The lowest BCUT2D eigenvalue weighted by Gasteiger charge is -2.03. The molecule has 0 aliphatic rings. The van der Waals surface area contributed by atoms with Gasteiger partial charge in [0.2, 0.25) is 0 Å². The van der Waals surface area contributed by atoms with Gasteiger partial charge in [0.05, 0.1) is 0 Å². The van der Waals surface area contributed by atoms with Crippen molar-refractivity contribution in [3.63, 3.8) is 0 Å². The second-order valence-corrected chi connectivity index (χ2v) is 6.93. The van der Waals surface area contributed by atoms with Crippen LogP contribution in [-0.4, -0.2) is 0 Å². The molecule has 0 N–H and O–H groups in total. The molecule has 0 atom stereocenters. The largest absolute Gasteiger partial charge is 0.0888 e. The highest BCUT2D eigenvalue weighted by Gasteiger charge is 1.93. The minimum absolute atomic E-state index is 1.19. The van der Waals surface area contributed by atoms with Gasteiger partial charge in [-0.25, -0.2) is 0 Å². The Balaban J connectivity index is 3.00. The Bertz CT molecular complexity index is 223. The van der Waals surface area contributed by atoms with E-state index in [1.54, 1.807) is 0 Å². The summed E-state index contributed by atoms with van der Waals surface area (Å²) in [5.41, 5.74) is 0. The van der Waals surface area contributed by atoms with Crippen LogP contribution in [0.1, 0.15) is 123 Å². The Morgan fingerprint density at radius 2 is 0.609 bits per heavy atom. The molecule has 0 saturated carbocycles. The van der Waals surface area contributed by atoms with Gasteiger partial charge >= 0.3 is 0 Å². The first kappa shape index (κ1) is 22.5. The molecule has 0 saturated heterocycles. The smallest absolute Gasteiger partial charge is 0.0351 e. The molecule has 0 amide bonds. The summed E-state index contributed by atoms with van der Waals surface area (Å²) < 4.78 is 0. The Labute approximate surface area is 147 Å². The normalized spacial score (nSPS) is 11.9. The monoisotopic (exact) mass is 320 g/mol. The molecule has 0 radical (unpaired) electrons. The van der Waals surface area contributed by atoms with E-state index < -0.39 is 0 Å². The Morgan fingerprint density at radius 1 is 0.348 bits per heavy atom. The minimum Gasteiger partial charge on any atom is -0.0888 e. The maximum Gasteiger partial charge on any atom is -0.0351 e. The van der Waals surface area contributed by atoms with Gasteiger partial charge < -0.3 is 0 Å². The highest BCUT2D eigenvalue weighted by atomic mass is 14.0. The first-order valence-electron chi connectivity index (χ1n) is 10.7. The van der Waals surface area contributed by atoms with Crippen LogP contribution < -0.4 is 0 Å². The van der Waals surface area contributed by atoms with Crippen molar-refractivity contribution >= 4 is 0 Å². The van der Waals surface area contributed by atoms with E-state index in [1.165, 1.54) is 109 Å². The van der Waals surface area contributed by atoms with Crippen molar-refractivity contribution < 1.29 is 0 Å². The van der Waals surface area contributed by atoms with Crippen LogP contribution in [0.3, 0.4) is 0 Å². The van der Waals surface area contributed by atoms with E-state index in [2.05, 4.69) is 38.2 Å². The summed E-state index contributed by atoms with van der Waals surface area (Å²) in [6.07, 6.45) is 33.1. The van der Waals surface area contributed by atoms with Gasteiger partial charge in [-0.15, -0.1) is 0 Å². The van der Waals surface area contributed by atoms with Gasteiger partial charge in [0.15, 0.2) is 0 Å². The lowest BCUT2D eigenvalue weighted by atomic mass is 10.0. The number of allylic oxidation sites excluding steroid dienone is 4. The van der Waals surface area contributed by atoms with Crippen molar-refractivity contribution in [3.8, 4) is 0 Å². The van der Waals surface area contributed by atoms with Gasteiger partial charge in [-0.05, 0) is 38.5 Å². The van der Waals surface area contributed by atoms with Crippen LogP contribution in [0.2, 0.25) is 0 Å². The quantitative estimate of drug-likeness (QED) is 0.175. The van der Waals surface area contributed by atoms with Crippen LogP contribution in [0.25, 0.3) is 0 Å². The molecule has 136 valence electrons. The number of hydrogen-bond donors (Lipinski definition) is 0. The fourth-order valence-electron chi connectivity index (χ4n) is 3.04. The van der Waals surface area contributed by atoms with Crippen molar-refractivity contribution in [3.05, 3.63) is 24.3 Å². The van der Waals surface area contributed by atoms with Crippen molar-refractivity contribution in [2.75, 3.05) is 0 Å². The summed E-state index contributed by atoms with van der Waals surface area (Å²) >= 11 is 0. The third-order valence-electron chi connectivity index (χ3n) is 4.55. The third-order valence-corrected chi connectivity index (χ3v) is 4.55. The van der Waals surface area contributed by atoms with Crippen LogP contribution in [0.5, 0.6) is 0 Å². The summed E-state index contributed by atoms with van der Waals surface area (Å²) in [6, 6.07) is 0. The molecule has 0 unspecified atom stereocenters. The average Bonchev–Trinajstić information content (AvgIpc) is 2.57. The fraction of sp³-hybridized carbons (Fsp3) is 0.826.